The van der Waals surface area contributed by atoms with Gasteiger partial charge in [0.05, 0.1) is 5.69 Å². The Morgan fingerprint density at radius 3 is 2.50 bits per heavy atom. The van der Waals surface area contributed by atoms with Crippen molar-refractivity contribution in [3.8, 4) is 5.75 Å². The molecule has 0 atom stereocenters. The van der Waals surface area contributed by atoms with Crippen LogP contribution in [0, 0.1) is 0 Å². The van der Waals surface area contributed by atoms with Gasteiger partial charge in [-0.1, -0.05) is 30.9 Å². The lowest BCUT2D eigenvalue weighted by molar-refractivity contribution is -0.144. The van der Waals surface area contributed by atoms with Gasteiger partial charge in [-0.25, -0.2) is 4.79 Å². The van der Waals surface area contributed by atoms with Gasteiger partial charge in [-0.05, 0) is 42.0 Å². The summed E-state index contributed by atoms with van der Waals surface area (Å²) in [5, 5.41) is 0. The second-order valence-corrected chi connectivity index (χ2v) is 4.42. The quantitative estimate of drug-likeness (QED) is 0.446. The second-order valence-electron chi connectivity index (χ2n) is 4.42. The minimum Gasteiger partial charge on any atom is -0.482 e. The van der Waals surface area contributed by atoms with Crippen LogP contribution in [0.2, 0.25) is 0 Å². The van der Waals surface area contributed by atoms with E-state index in [9.17, 15) is 4.79 Å². The lowest BCUT2D eigenvalue weighted by atomic mass is 10.2. The van der Waals surface area contributed by atoms with Gasteiger partial charge in [0.2, 0.25) is 0 Å². The zero-order chi connectivity index (χ0) is 15.6. The Bertz CT molecular complexity index is 633. The lowest BCUT2D eigenvalue weighted by Gasteiger charge is -2.05. The molecule has 0 aromatic heterocycles. The van der Waals surface area contributed by atoms with Crippen molar-refractivity contribution in [2.45, 2.75) is 0 Å². The van der Waals surface area contributed by atoms with Crippen molar-refractivity contribution < 1.29 is 14.3 Å². The van der Waals surface area contributed by atoms with Crippen LogP contribution in [-0.4, -0.2) is 25.4 Å². The van der Waals surface area contributed by atoms with E-state index in [2.05, 4.69) is 11.6 Å². The Kier molecular flexibility index (Phi) is 5.93. The summed E-state index contributed by atoms with van der Waals surface area (Å²) >= 11 is 0. The highest BCUT2D eigenvalue weighted by Gasteiger charge is 2.02. The number of hydrogen-bond donors (Lipinski definition) is 0. The fourth-order valence-electron chi connectivity index (χ4n) is 1.65. The molecule has 112 valence electrons. The molecule has 0 fully saturated rings. The third-order valence-corrected chi connectivity index (χ3v) is 2.72. The number of nitrogens with zero attached hydrogens (tertiary/aromatic N) is 1. The molecular formula is C18H17NO3. The number of ether oxygens (including phenoxy) is 2. The summed E-state index contributed by atoms with van der Waals surface area (Å²) in [4.78, 5) is 15.7. The minimum atomic E-state index is -0.422. The first kappa shape index (κ1) is 15.5. The Balaban J connectivity index is 1.86. The van der Waals surface area contributed by atoms with E-state index in [1.54, 1.807) is 18.3 Å². The first-order chi connectivity index (χ1) is 10.8. The predicted molar refractivity (Wildman–Crippen MR) is 86.8 cm³/mol. The summed E-state index contributed by atoms with van der Waals surface area (Å²) in [7, 11) is 0. The number of para-hydroxylation sites is 1. The fraction of sp³-hybridized carbons (Fsp3) is 0.111. The van der Waals surface area contributed by atoms with Gasteiger partial charge in [-0.15, -0.1) is 0 Å². The molecule has 0 amide bonds. The van der Waals surface area contributed by atoms with Crippen molar-refractivity contribution in [3.63, 3.8) is 0 Å². The molecule has 2 aromatic rings. The minimum absolute atomic E-state index is 0.120. The molecular weight excluding hydrogens is 278 g/mol. The van der Waals surface area contributed by atoms with Crippen LogP contribution in [0.4, 0.5) is 5.69 Å². The van der Waals surface area contributed by atoms with E-state index in [4.69, 9.17) is 9.47 Å². The van der Waals surface area contributed by atoms with Crippen LogP contribution in [0.3, 0.4) is 0 Å². The molecule has 22 heavy (non-hydrogen) atoms. The average molecular weight is 295 g/mol. The topological polar surface area (TPSA) is 47.9 Å². The van der Waals surface area contributed by atoms with Gasteiger partial charge in [-0.3, -0.25) is 4.99 Å². The van der Waals surface area contributed by atoms with Crippen molar-refractivity contribution >= 4 is 17.9 Å². The monoisotopic (exact) mass is 295 g/mol. The SMILES string of the molecule is C=CCOC(=O)COc1ccc(/C=N/c2ccccc2)cc1. The maximum Gasteiger partial charge on any atom is 0.344 e. The molecule has 4 nitrogen and oxygen atoms in total. The average Bonchev–Trinajstić information content (AvgIpc) is 2.58. The highest BCUT2D eigenvalue weighted by molar-refractivity contribution is 5.82. The van der Waals surface area contributed by atoms with Crippen LogP contribution in [0.5, 0.6) is 5.75 Å². The molecule has 0 radical (unpaired) electrons. The third kappa shape index (κ3) is 5.25. The van der Waals surface area contributed by atoms with E-state index >= 15 is 0 Å². The predicted octanol–water partition coefficient (Wildman–Crippen LogP) is 3.55. The van der Waals surface area contributed by atoms with E-state index < -0.39 is 5.97 Å². The molecule has 2 rings (SSSR count). The Labute approximate surface area is 129 Å². The molecule has 2 aromatic carbocycles. The molecule has 0 heterocycles. The van der Waals surface area contributed by atoms with E-state index in [1.807, 2.05) is 42.5 Å². The Hall–Kier alpha value is -2.88. The van der Waals surface area contributed by atoms with Gasteiger partial charge in [0, 0.05) is 6.21 Å². The summed E-state index contributed by atoms with van der Waals surface area (Å²) in [6.45, 7) is 3.54. The van der Waals surface area contributed by atoms with Gasteiger partial charge in [0.15, 0.2) is 6.61 Å². The van der Waals surface area contributed by atoms with E-state index in [1.165, 1.54) is 6.08 Å². The van der Waals surface area contributed by atoms with Crippen molar-refractivity contribution in [1.82, 2.24) is 0 Å². The van der Waals surface area contributed by atoms with Gasteiger partial charge < -0.3 is 9.47 Å². The standard InChI is InChI=1S/C18H17NO3/c1-2-12-21-18(20)14-22-17-10-8-15(9-11-17)13-19-16-6-4-3-5-7-16/h2-11,13H,1,12,14H2/b19-13+. The molecule has 0 N–H and O–H groups in total. The van der Waals surface area contributed by atoms with Crippen molar-refractivity contribution in [1.29, 1.82) is 0 Å². The van der Waals surface area contributed by atoms with Crippen LogP contribution in [0.25, 0.3) is 0 Å². The van der Waals surface area contributed by atoms with Gasteiger partial charge in [0.1, 0.15) is 12.4 Å². The fourth-order valence-corrected chi connectivity index (χ4v) is 1.65. The molecule has 0 aliphatic heterocycles. The van der Waals surface area contributed by atoms with Crippen molar-refractivity contribution in [2.75, 3.05) is 13.2 Å². The van der Waals surface area contributed by atoms with Gasteiger partial charge in [-0.2, -0.15) is 0 Å². The normalized spacial score (nSPS) is 10.4. The molecule has 0 spiro atoms. The molecule has 0 saturated carbocycles. The summed E-state index contributed by atoms with van der Waals surface area (Å²) < 4.78 is 10.2. The molecule has 0 saturated heterocycles. The van der Waals surface area contributed by atoms with Crippen LogP contribution >= 0.6 is 0 Å². The zero-order valence-electron chi connectivity index (χ0n) is 12.1. The van der Waals surface area contributed by atoms with Crippen LogP contribution in [-0.2, 0) is 9.53 Å². The lowest BCUT2D eigenvalue weighted by Crippen LogP contribution is -2.14. The number of esters is 1. The van der Waals surface area contributed by atoms with Crippen LogP contribution < -0.4 is 4.74 Å². The maximum absolute atomic E-state index is 11.3. The smallest absolute Gasteiger partial charge is 0.344 e. The number of benzene rings is 2. The van der Waals surface area contributed by atoms with E-state index in [0.717, 1.165) is 11.3 Å². The maximum atomic E-state index is 11.3. The summed E-state index contributed by atoms with van der Waals surface area (Å²) in [6, 6.07) is 17.0. The Morgan fingerprint density at radius 2 is 1.82 bits per heavy atom. The van der Waals surface area contributed by atoms with Crippen molar-refractivity contribution in [2.24, 2.45) is 4.99 Å². The molecule has 4 heteroatoms. The number of carbonyl (C=O) groups is 1. The van der Waals surface area contributed by atoms with Gasteiger partial charge in [0.25, 0.3) is 0 Å². The largest absolute Gasteiger partial charge is 0.482 e. The summed E-state index contributed by atoms with van der Waals surface area (Å²) in [5.74, 6) is 0.182. The van der Waals surface area contributed by atoms with E-state index in [-0.39, 0.29) is 13.2 Å². The highest BCUT2D eigenvalue weighted by atomic mass is 16.6. The number of hydrogen-bond acceptors (Lipinski definition) is 4. The van der Waals surface area contributed by atoms with Crippen molar-refractivity contribution in [3.05, 3.63) is 72.8 Å². The molecule has 0 aliphatic rings. The van der Waals surface area contributed by atoms with Gasteiger partial charge >= 0.3 is 5.97 Å². The molecule has 0 unspecified atom stereocenters. The second kappa shape index (κ2) is 8.42. The first-order valence-corrected chi connectivity index (χ1v) is 6.86. The zero-order valence-corrected chi connectivity index (χ0v) is 12.1. The first-order valence-electron chi connectivity index (χ1n) is 6.86. The molecule has 0 aliphatic carbocycles. The van der Waals surface area contributed by atoms with E-state index in [0.29, 0.717) is 5.75 Å². The molecule has 0 bridgehead atoms. The van der Waals surface area contributed by atoms with Crippen LogP contribution in [0.15, 0.2) is 72.2 Å². The summed E-state index contributed by atoms with van der Waals surface area (Å²) in [5.41, 5.74) is 1.85. The number of rotatable bonds is 7. The third-order valence-electron chi connectivity index (χ3n) is 2.72. The number of aliphatic imine (C=N–C) groups is 1. The number of carbonyl (C=O) groups excluding carboxylic acids is 1. The highest BCUT2D eigenvalue weighted by Crippen LogP contribution is 2.13. The van der Waals surface area contributed by atoms with Crippen LogP contribution in [0.1, 0.15) is 5.56 Å². The summed E-state index contributed by atoms with van der Waals surface area (Å²) in [6.07, 6.45) is 3.29. The Morgan fingerprint density at radius 1 is 1.09 bits per heavy atom.